The number of anilines is 1. The molecule has 7 heteroatoms. The van der Waals surface area contributed by atoms with E-state index in [1.807, 2.05) is 38.1 Å². The number of hydrogen-bond donors (Lipinski definition) is 0. The highest BCUT2D eigenvalue weighted by molar-refractivity contribution is 5.93. The third-order valence-electron chi connectivity index (χ3n) is 5.12. The average molecular weight is 425 g/mol. The van der Waals surface area contributed by atoms with Gasteiger partial charge in [0.05, 0.1) is 11.6 Å². The van der Waals surface area contributed by atoms with Gasteiger partial charge in [0, 0.05) is 54.3 Å². The maximum atomic E-state index is 8.84. The minimum absolute atomic E-state index is 0. The summed E-state index contributed by atoms with van der Waals surface area (Å²) in [5, 5.41) is 9.97. The topological polar surface area (TPSA) is 71.3 Å². The van der Waals surface area contributed by atoms with Crippen molar-refractivity contribution in [3.05, 3.63) is 59.5 Å². The molecule has 30 heavy (non-hydrogen) atoms. The molecule has 0 N–H and O–H groups in total. The number of fused-ring (bicyclic) bond motifs is 1. The van der Waals surface area contributed by atoms with Gasteiger partial charge in [0.2, 0.25) is 0 Å². The molecule has 1 aliphatic rings. The standard InChI is InChI=1S/C23H24N4O2.ClH/c1-3-28-20-8-9-27(14-20)23-10-16(2)26-22-11-19(6-7-21(22)23)29-15-17-4-5-18(12-24)25-13-17;/h4-7,10-11,13,20H,3,8-9,14-15H2,1-2H3;1H. The highest BCUT2D eigenvalue weighted by Crippen LogP contribution is 2.32. The average Bonchev–Trinajstić information content (AvgIpc) is 3.20. The van der Waals surface area contributed by atoms with Gasteiger partial charge in [0.25, 0.3) is 0 Å². The number of ether oxygens (including phenoxy) is 2. The summed E-state index contributed by atoms with van der Waals surface area (Å²) in [4.78, 5) is 11.2. The van der Waals surface area contributed by atoms with Crippen molar-refractivity contribution in [3.8, 4) is 11.8 Å². The second-order valence-corrected chi connectivity index (χ2v) is 7.23. The van der Waals surface area contributed by atoms with Gasteiger partial charge in [-0.15, -0.1) is 12.4 Å². The largest absolute Gasteiger partial charge is 0.489 e. The molecule has 0 radical (unpaired) electrons. The van der Waals surface area contributed by atoms with E-state index in [1.165, 1.54) is 5.69 Å². The fraction of sp³-hybridized carbons (Fsp3) is 0.348. The van der Waals surface area contributed by atoms with Crippen molar-refractivity contribution in [1.29, 1.82) is 5.26 Å². The molecule has 4 rings (SSSR count). The van der Waals surface area contributed by atoms with Gasteiger partial charge in [0.15, 0.2) is 0 Å². The van der Waals surface area contributed by atoms with Crippen LogP contribution in [0.3, 0.4) is 0 Å². The maximum Gasteiger partial charge on any atom is 0.140 e. The fourth-order valence-corrected chi connectivity index (χ4v) is 3.73. The summed E-state index contributed by atoms with van der Waals surface area (Å²) < 4.78 is 11.7. The van der Waals surface area contributed by atoms with Gasteiger partial charge in [-0.3, -0.25) is 4.98 Å². The molecule has 0 saturated carbocycles. The molecule has 0 amide bonds. The number of hydrogen-bond acceptors (Lipinski definition) is 6. The van der Waals surface area contributed by atoms with E-state index < -0.39 is 0 Å². The summed E-state index contributed by atoms with van der Waals surface area (Å²) in [6, 6.07) is 13.8. The lowest BCUT2D eigenvalue weighted by Crippen LogP contribution is -2.23. The Kier molecular flexibility index (Phi) is 7.09. The normalized spacial score (nSPS) is 15.6. The molecular weight excluding hydrogens is 400 g/mol. The van der Waals surface area contributed by atoms with Gasteiger partial charge in [-0.05, 0) is 44.5 Å². The number of pyridine rings is 2. The molecule has 0 bridgehead atoms. The molecule has 0 aliphatic carbocycles. The predicted molar refractivity (Wildman–Crippen MR) is 119 cm³/mol. The highest BCUT2D eigenvalue weighted by atomic mass is 35.5. The van der Waals surface area contributed by atoms with Crippen molar-refractivity contribution in [1.82, 2.24) is 9.97 Å². The number of halogens is 1. The lowest BCUT2D eigenvalue weighted by molar-refractivity contribution is 0.0788. The summed E-state index contributed by atoms with van der Waals surface area (Å²) in [6.07, 6.45) is 3.02. The molecule has 1 aromatic carbocycles. The number of aryl methyl sites for hydroxylation is 1. The van der Waals surface area contributed by atoms with Gasteiger partial charge in [-0.25, -0.2) is 4.98 Å². The lowest BCUT2D eigenvalue weighted by atomic mass is 10.1. The number of rotatable bonds is 6. The molecular formula is C23H25ClN4O2. The summed E-state index contributed by atoms with van der Waals surface area (Å²) in [6.45, 7) is 7.12. The van der Waals surface area contributed by atoms with Crippen LogP contribution in [0.4, 0.5) is 5.69 Å². The monoisotopic (exact) mass is 424 g/mol. The van der Waals surface area contributed by atoms with Crippen molar-refractivity contribution in [2.45, 2.75) is 33.0 Å². The van der Waals surface area contributed by atoms with Crippen LogP contribution in [-0.4, -0.2) is 35.8 Å². The Morgan fingerprint density at radius 3 is 2.83 bits per heavy atom. The first-order chi connectivity index (χ1) is 14.2. The van der Waals surface area contributed by atoms with E-state index in [2.05, 4.69) is 22.0 Å². The summed E-state index contributed by atoms with van der Waals surface area (Å²) in [7, 11) is 0. The summed E-state index contributed by atoms with van der Waals surface area (Å²) >= 11 is 0. The van der Waals surface area contributed by atoms with Gasteiger partial charge >= 0.3 is 0 Å². The third kappa shape index (κ3) is 4.81. The summed E-state index contributed by atoms with van der Waals surface area (Å²) in [5.41, 5.74) is 4.44. The number of nitrogens with zero attached hydrogens (tertiary/aromatic N) is 4. The van der Waals surface area contributed by atoms with Crippen molar-refractivity contribution in [3.63, 3.8) is 0 Å². The number of nitriles is 1. The zero-order chi connectivity index (χ0) is 20.2. The number of aromatic nitrogens is 2. The molecule has 3 aromatic rings. The molecule has 1 aliphatic heterocycles. The van der Waals surface area contributed by atoms with E-state index in [9.17, 15) is 0 Å². The van der Waals surface area contributed by atoms with Crippen LogP contribution < -0.4 is 9.64 Å². The SMILES string of the molecule is CCOC1CCN(c2cc(C)nc3cc(OCc4ccc(C#N)nc4)ccc23)C1.Cl. The van der Waals surface area contributed by atoms with Gasteiger partial charge in [-0.2, -0.15) is 5.26 Å². The summed E-state index contributed by atoms with van der Waals surface area (Å²) in [5.74, 6) is 0.763. The van der Waals surface area contributed by atoms with Gasteiger partial charge in [0.1, 0.15) is 24.1 Å². The molecule has 1 saturated heterocycles. The molecule has 0 spiro atoms. The molecule has 1 unspecified atom stereocenters. The third-order valence-corrected chi connectivity index (χ3v) is 5.12. The first kappa shape index (κ1) is 21.8. The van der Waals surface area contributed by atoms with Gasteiger partial charge in [-0.1, -0.05) is 6.07 Å². The Morgan fingerprint density at radius 1 is 1.23 bits per heavy atom. The second-order valence-electron chi connectivity index (χ2n) is 7.23. The van der Waals surface area contributed by atoms with Crippen molar-refractivity contribution < 1.29 is 9.47 Å². The molecule has 6 nitrogen and oxygen atoms in total. The Morgan fingerprint density at radius 2 is 2.10 bits per heavy atom. The van der Waals surface area contributed by atoms with Crippen LogP contribution in [-0.2, 0) is 11.3 Å². The zero-order valence-electron chi connectivity index (χ0n) is 17.2. The molecule has 1 atom stereocenters. The molecule has 3 heterocycles. The van der Waals surface area contributed by atoms with Crippen molar-refractivity contribution in [2.24, 2.45) is 0 Å². The van der Waals surface area contributed by atoms with Crippen molar-refractivity contribution in [2.75, 3.05) is 24.6 Å². The highest BCUT2D eigenvalue weighted by Gasteiger charge is 2.24. The van der Waals surface area contributed by atoms with E-state index in [0.717, 1.165) is 54.0 Å². The van der Waals surface area contributed by atoms with Crippen LogP contribution in [0.25, 0.3) is 10.9 Å². The van der Waals surface area contributed by atoms with Crippen LogP contribution >= 0.6 is 12.4 Å². The molecule has 1 fully saturated rings. The fourth-order valence-electron chi connectivity index (χ4n) is 3.73. The lowest BCUT2D eigenvalue weighted by Gasteiger charge is -2.21. The van der Waals surface area contributed by atoms with Crippen LogP contribution in [0.2, 0.25) is 0 Å². The van der Waals surface area contributed by atoms with E-state index >= 15 is 0 Å². The minimum atomic E-state index is 0. The number of benzene rings is 1. The first-order valence-corrected chi connectivity index (χ1v) is 9.92. The Balaban J connectivity index is 0.00000256. The first-order valence-electron chi connectivity index (χ1n) is 9.92. The van der Waals surface area contributed by atoms with Crippen molar-refractivity contribution >= 4 is 29.0 Å². The Labute approximate surface area is 182 Å². The van der Waals surface area contributed by atoms with E-state index in [-0.39, 0.29) is 12.4 Å². The van der Waals surface area contributed by atoms with E-state index in [1.54, 1.807) is 12.3 Å². The quantitative estimate of drug-likeness (QED) is 0.583. The Bertz CT molecular complexity index is 1050. The maximum absolute atomic E-state index is 8.84. The van der Waals surface area contributed by atoms with Crippen LogP contribution in [0, 0.1) is 18.3 Å². The molecule has 156 valence electrons. The molecule has 2 aromatic heterocycles. The van der Waals surface area contributed by atoms with E-state index in [4.69, 9.17) is 19.7 Å². The predicted octanol–water partition coefficient (Wildman–Crippen LogP) is 4.43. The van der Waals surface area contributed by atoms with E-state index in [0.29, 0.717) is 18.4 Å². The minimum Gasteiger partial charge on any atom is -0.489 e. The van der Waals surface area contributed by atoms with Crippen LogP contribution in [0.1, 0.15) is 30.3 Å². The van der Waals surface area contributed by atoms with Gasteiger partial charge < -0.3 is 14.4 Å². The van der Waals surface area contributed by atoms with Crippen LogP contribution in [0.15, 0.2) is 42.6 Å². The zero-order valence-corrected chi connectivity index (χ0v) is 18.0. The van der Waals surface area contributed by atoms with Crippen LogP contribution in [0.5, 0.6) is 5.75 Å². The smallest absolute Gasteiger partial charge is 0.140 e. The Hall–Kier alpha value is -2.88. The second kappa shape index (κ2) is 9.75.